The van der Waals surface area contributed by atoms with Gasteiger partial charge in [0.2, 0.25) is 5.91 Å². The average Bonchev–Trinajstić information content (AvgIpc) is 2.71. The summed E-state index contributed by atoms with van der Waals surface area (Å²) in [5.41, 5.74) is 1.10. The molecule has 0 spiro atoms. The van der Waals surface area contributed by atoms with Gasteiger partial charge in [-0.2, -0.15) is 0 Å². The minimum atomic E-state index is -0.331. The zero-order valence-corrected chi connectivity index (χ0v) is 17.2. The van der Waals surface area contributed by atoms with Gasteiger partial charge in [0.05, 0.1) is 6.54 Å². The Bertz CT molecular complexity index is 798. The van der Waals surface area contributed by atoms with Gasteiger partial charge in [-0.05, 0) is 24.6 Å². The van der Waals surface area contributed by atoms with Crippen LogP contribution in [0.5, 0.6) is 5.75 Å². The molecule has 0 aliphatic heterocycles. The third kappa shape index (κ3) is 8.21. The van der Waals surface area contributed by atoms with Crippen molar-refractivity contribution in [2.24, 2.45) is 4.99 Å². The Kier molecular flexibility index (Phi) is 8.95. The number of nitrogens with one attached hydrogen (secondary N) is 2. The maximum Gasteiger partial charge on any atom is 0.224 e. The summed E-state index contributed by atoms with van der Waals surface area (Å²) in [6.07, 6.45) is 0.174. The van der Waals surface area contributed by atoms with Crippen molar-refractivity contribution >= 4 is 11.9 Å². The Hall–Kier alpha value is -3.09. The number of hydrogen-bond acceptors (Lipinski definition) is 3. The zero-order chi connectivity index (χ0) is 21.1. The van der Waals surface area contributed by atoms with Crippen molar-refractivity contribution in [3.8, 4) is 5.75 Å². The number of rotatable bonds is 9. The van der Waals surface area contributed by atoms with E-state index in [0.717, 1.165) is 5.56 Å². The first kappa shape index (κ1) is 22.2. The summed E-state index contributed by atoms with van der Waals surface area (Å²) >= 11 is 0. The molecule has 0 aliphatic rings. The molecule has 1 unspecified atom stereocenters. The molecule has 0 bridgehead atoms. The van der Waals surface area contributed by atoms with Crippen molar-refractivity contribution in [3.05, 3.63) is 66.0 Å². The zero-order valence-electron chi connectivity index (χ0n) is 17.2. The topological polar surface area (TPSA) is 66.0 Å². The van der Waals surface area contributed by atoms with Crippen LogP contribution in [-0.2, 0) is 11.3 Å². The minimum Gasteiger partial charge on any atom is -0.489 e. The lowest BCUT2D eigenvalue weighted by atomic mass is 10.2. The molecule has 1 atom stereocenters. The summed E-state index contributed by atoms with van der Waals surface area (Å²) < 4.78 is 18.9. The monoisotopic (exact) mass is 400 g/mol. The fourth-order valence-corrected chi connectivity index (χ4v) is 2.70. The van der Waals surface area contributed by atoms with Crippen molar-refractivity contribution in [1.82, 2.24) is 15.5 Å². The summed E-state index contributed by atoms with van der Waals surface area (Å²) in [5, 5.41) is 6.27. The van der Waals surface area contributed by atoms with Gasteiger partial charge in [0, 0.05) is 39.7 Å². The van der Waals surface area contributed by atoms with E-state index in [0.29, 0.717) is 37.8 Å². The molecule has 0 aromatic heterocycles. The average molecular weight is 400 g/mol. The molecule has 2 rings (SSSR count). The van der Waals surface area contributed by atoms with Crippen molar-refractivity contribution in [1.29, 1.82) is 0 Å². The highest BCUT2D eigenvalue weighted by molar-refractivity contribution is 5.81. The molecule has 0 radical (unpaired) electrons. The van der Waals surface area contributed by atoms with Crippen LogP contribution in [0.1, 0.15) is 18.9 Å². The highest BCUT2D eigenvalue weighted by atomic mass is 19.1. The Balaban J connectivity index is 1.68. The van der Waals surface area contributed by atoms with Crippen LogP contribution in [0.2, 0.25) is 0 Å². The molecule has 7 heteroatoms. The van der Waals surface area contributed by atoms with Crippen LogP contribution in [-0.4, -0.2) is 50.1 Å². The van der Waals surface area contributed by atoms with Gasteiger partial charge in [0.15, 0.2) is 5.96 Å². The molecule has 29 heavy (non-hydrogen) atoms. The number of benzene rings is 2. The summed E-state index contributed by atoms with van der Waals surface area (Å²) in [7, 11) is 3.46. The first-order chi connectivity index (χ1) is 14.0. The Labute approximate surface area is 171 Å². The smallest absolute Gasteiger partial charge is 0.224 e. The molecular formula is C22H29FN4O2. The fourth-order valence-electron chi connectivity index (χ4n) is 2.70. The predicted molar refractivity (Wildman–Crippen MR) is 113 cm³/mol. The van der Waals surface area contributed by atoms with E-state index < -0.39 is 0 Å². The first-order valence-corrected chi connectivity index (χ1v) is 9.62. The number of guanidine groups is 1. The molecule has 0 heterocycles. The molecule has 0 aliphatic carbocycles. The van der Waals surface area contributed by atoms with Gasteiger partial charge in [-0.15, -0.1) is 0 Å². The molecule has 6 nitrogen and oxygen atoms in total. The Morgan fingerprint density at radius 1 is 1.17 bits per heavy atom. The van der Waals surface area contributed by atoms with Gasteiger partial charge in [-0.3, -0.25) is 9.79 Å². The third-order valence-corrected chi connectivity index (χ3v) is 4.23. The van der Waals surface area contributed by atoms with Crippen molar-refractivity contribution in [2.75, 3.05) is 27.2 Å². The number of halogens is 1. The molecule has 2 aromatic carbocycles. The second-order valence-electron chi connectivity index (χ2n) is 6.75. The molecule has 0 saturated carbocycles. The minimum absolute atomic E-state index is 0.0552. The molecule has 1 amide bonds. The quantitative estimate of drug-likeness (QED) is 0.502. The van der Waals surface area contributed by atoms with E-state index in [-0.39, 0.29) is 17.8 Å². The number of ether oxygens (including phenoxy) is 1. The number of amides is 1. The summed E-state index contributed by atoms with van der Waals surface area (Å²) in [6, 6.07) is 15.9. The second kappa shape index (κ2) is 11.7. The van der Waals surface area contributed by atoms with E-state index >= 15 is 0 Å². The normalized spacial score (nSPS) is 12.2. The predicted octanol–water partition coefficient (Wildman–Crippen LogP) is 2.81. The molecule has 0 saturated heterocycles. The van der Waals surface area contributed by atoms with Gasteiger partial charge in [0.1, 0.15) is 17.7 Å². The van der Waals surface area contributed by atoms with E-state index in [1.54, 1.807) is 31.1 Å². The SMILES string of the molecule is CN=C(NCCC(=O)N(C)Cc1ccccc1)NCC(C)Oc1cccc(F)c1. The summed E-state index contributed by atoms with van der Waals surface area (Å²) in [5.74, 6) is 0.786. The van der Waals surface area contributed by atoms with E-state index in [1.807, 2.05) is 37.3 Å². The van der Waals surface area contributed by atoms with Crippen LogP contribution < -0.4 is 15.4 Å². The standard InChI is InChI=1S/C22H29FN4O2/c1-17(29-20-11-7-10-19(23)14-20)15-26-22(24-2)25-13-12-21(28)27(3)16-18-8-5-4-6-9-18/h4-11,14,17H,12-13,15-16H2,1-3H3,(H2,24,25,26). The second-order valence-corrected chi connectivity index (χ2v) is 6.75. The largest absolute Gasteiger partial charge is 0.489 e. The number of nitrogens with zero attached hydrogens (tertiary/aromatic N) is 2. The maximum atomic E-state index is 13.2. The van der Waals surface area contributed by atoms with Crippen LogP contribution in [0.15, 0.2) is 59.6 Å². The highest BCUT2D eigenvalue weighted by Crippen LogP contribution is 2.13. The molecule has 2 N–H and O–H groups in total. The lowest BCUT2D eigenvalue weighted by Crippen LogP contribution is -2.43. The van der Waals surface area contributed by atoms with Gasteiger partial charge in [-0.1, -0.05) is 36.4 Å². The van der Waals surface area contributed by atoms with E-state index in [9.17, 15) is 9.18 Å². The fraction of sp³-hybridized carbons (Fsp3) is 0.364. The van der Waals surface area contributed by atoms with Crippen molar-refractivity contribution < 1.29 is 13.9 Å². The van der Waals surface area contributed by atoms with Crippen molar-refractivity contribution in [3.63, 3.8) is 0 Å². The maximum absolute atomic E-state index is 13.2. The number of carbonyl (C=O) groups excluding carboxylic acids is 1. The summed E-state index contributed by atoms with van der Waals surface area (Å²) in [4.78, 5) is 18.1. The molecular weight excluding hydrogens is 371 g/mol. The van der Waals surface area contributed by atoms with Gasteiger partial charge in [0.25, 0.3) is 0 Å². The number of aliphatic imine (C=N–C) groups is 1. The van der Waals surface area contributed by atoms with Crippen LogP contribution in [0.3, 0.4) is 0 Å². The first-order valence-electron chi connectivity index (χ1n) is 9.62. The lowest BCUT2D eigenvalue weighted by Gasteiger charge is -2.19. The van der Waals surface area contributed by atoms with Crippen LogP contribution in [0, 0.1) is 5.82 Å². The summed E-state index contributed by atoms with van der Waals surface area (Å²) in [6.45, 7) is 3.42. The molecule has 0 fully saturated rings. The number of carbonyl (C=O) groups is 1. The van der Waals surface area contributed by atoms with Crippen LogP contribution >= 0.6 is 0 Å². The van der Waals surface area contributed by atoms with E-state index in [1.165, 1.54) is 12.1 Å². The van der Waals surface area contributed by atoms with Gasteiger partial charge < -0.3 is 20.3 Å². The Morgan fingerprint density at radius 3 is 2.62 bits per heavy atom. The van der Waals surface area contributed by atoms with E-state index in [2.05, 4.69) is 15.6 Å². The lowest BCUT2D eigenvalue weighted by molar-refractivity contribution is -0.130. The molecule has 2 aromatic rings. The van der Waals surface area contributed by atoms with Gasteiger partial charge in [-0.25, -0.2) is 4.39 Å². The molecule has 156 valence electrons. The van der Waals surface area contributed by atoms with E-state index in [4.69, 9.17) is 4.74 Å². The van der Waals surface area contributed by atoms with Crippen LogP contribution in [0.4, 0.5) is 4.39 Å². The number of hydrogen-bond donors (Lipinski definition) is 2. The highest BCUT2D eigenvalue weighted by Gasteiger charge is 2.10. The third-order valence-electron chi connectivity index (χ3n) is 4.23. The van der Waals surface area contributed by atoms with Crippen LogP contribution in [0.25, 0.3) is 0 Å². The Morgan fingerprint density at radius 2 is 1.93 bits per heavy atom. The van der Waals surface area contributed by atoms with Gasteiger partial charge >= 0.3 is 0 Å². The van der Waals surface area contributed by atoms with Crippen molar-refractivity contribution in [2.45, 2.75) is 26.0 Å².